The van der Waals surface area contributed by atoms with Crippen molar-refractivity contribution in [3.8, 4) is 0 Å². The lowest BCUT2D eigenvalue weighted by Gasteiger charge is -2.26. The van der Waals surface area contributed by atoms with Gasteiger partial charge < -0.3 is 19.3 Å². The van der Waals surface area contributed by atoms with Gasteiger partial charge in [-0.25, -0.2) is 0 Å². The molecule has 0 aromatic heterocycles. The minimum absolute atomic E-state index is 0.105. The van der Waals surface area contributed by atoms with Gasteiger partial charge in [0.15, 0.2) is 6.29 Å². The first kappa shape index (κ1) is 14.0. The Morgan fingerprint density at radius 2 is 2.15 bits per heavy atom. The van der Waals surface area contributed by atoms with Crippen LogP contribution in [0.25, 0.3) is 0 Å². The van der Waals surface area contributed by atoms with Crippen LogP contribution in [0.15, 0.2) is 24.3 Å². The first-order valence-corrected chi connectivity index (χ1v) is 7.40. The van der Waals surface area contributed by atoms with Gasteiger partial charge in [-0.05, 0) is 30.4 Å². The molecule has 0 radical (unpaired) electrons. The molecule has 2 saturated heterocycles. The standard InChI is InChI=1S/C16H22O4/c17-16(8-10-18-12-16)14-6-2-1-5-13(14)11-20-15-7-3-4-9-19-15/h1-2,5-6,15,17H,3-4,7-12H2. The Kier molecular flexibility index (Phi) is 4.36. The van der Waals surface area contributed by atoms with E-state index in [1.165, 1.54) is 0 Å². The number of aliphatic hydroxyl groups is 1. The van der Waals surface area contributed by atoms with Gasteiger partial charge >= 0.3 is 0 Å². The Labute approximate surface area is 119 Å². The molecule has 1 aromatic carbocycles. The van der Waals surface area contributed by atoms with Crippen molar-refractivity contribution in [2.24, 2.45) is 0 Å². The van der Waals surface area contributed by atoms with Crippen LogP contribution in [-0.2, 0) is 26.4 Å². The number of benzene rings is 1. The summed E-state index contributed by atoms with van der Waals surface area (Å²) in [5.74, 6) is 0. The highest BCUT2D eigenvalue weighted by molar-refractivity contribution is 5.32. The van der Waals surface area contributed by atoms with Gasteiger partial charge in [-0.3, -0.25) is 0 Å². The molecule has 2 aliphatic heterocycles. The summed E-state index contributed by atoms with van der Waals surface area (Å²) in [5.41, 5.74) is 1.08. The second-order valence-electron chi connectivity index (χ2n) is 5.60. The van der Waals surface area contributed by atoms with Gasteiger partial charge in [0.1, 0.15) is 5.60 Å². The van der Waals surface area contributed by atoms with E-state index < -0.39 is 5.60 Å². The molecule has 2 unspecified atom stereocenters. The monoisotopic (exact) mass is 278 g/mol. The fraction of sp³-hybridized carbons (Fsp3) is 0.625. The first-order valence-electron chi connectivity index (χ1n) is 7.40. The van der Waals surface area contributed by atoms with Gasteiger partial charge in [0.05, 0.1) is 13.2 Å². The fourth-order valence-electron chi connectivity index (χ4n) is 2.89. The molecule has 0 saturated carbocycles. The summed E-state index contributed by atoms with van der Waals surface area (Å²) in [4.78, 5) is 0. The quantitative estimate of drug-likeness (QED) is 0.918. The third kappa shape index (κ3) is 3.04. The molecular formula is C16H22O4. The minimum Gasteiger partial charge on any atom is -0.383 e. The molecule has 0 spiro atoms. The van der Waals surface area contributed by atoms with Crippen LogP contribution in [0, 0.1) is 0 Å². The average Bonchev–Trinajstić information content (AvgIpc) is 2.94. The van der Waals surface area contributed by atoms with Crippen molar-refractivity contribution in [2.75, 3.05) is 19.8 Å². The zero-order valence-corrected chi connectivity index (χ0v) is 11.7. The molecule has 1 aromatic rings. The lowest BCUT2D eigenvalue weighted by Crippen LogP contribution is -2.28. The van der Waals surface area contributed by atoms with Crippen LogP contribution in [0.2, 0.25) is 0 Å². The van der Waals surface area contributed by atoms with Gasteiger partial charge in [-0.2, -0.15) is 0 Å². The van der Waals surface area contributed by atoms with E-state index in [0.717, 1.165) is 37.0 Å². The van der Waals surface area contributed by atoms with Gasteiger partial charge in [0.25, 0.3) is 0 Å². The number of ether oxygens (including phenoxy) is 3. The lowest BCUT2D eigenvalue weighted by atomic mass is 9.89. The van der Waals surface area contributed by atoms with Gasteiger partial charge in [-0.1, -0.05) is 24.3 Å². The summed E-state index contributed by atoms with van der Waals surface area (Å²) in [6, 6.07) is 7.90. The zero-order chi connectivity index (χ0) is 13.8. The second kappa shape index (κ2) is 6.22. The SMILES string of the molecule is OC1(c2ccccc2COC2CCCCO2)CCOC1. The Hall–Kier alpha value is -0.940. The van der Waals surface area contributed by atoms with Crippen LogP contribution >= 0.6 is 0 Å². The van der Waals surface area contributed by atoms with Crippen molar-refractivity contribution < 1.29 is 19.3 Å². The molecule has 20 heavy (non-hydrogen) atoms. The Balaban J connectivity index is 1.69. The molecule has 1 N–H and O–H groups in total. The molecule has 4 nitrogen and oxygen atoms in total. The molecular weight excluding hydrogens is 256 g/mol. The van der Waals surface area contributed by atoms with E-state index in [-0.39, 0.29) is 6.29 Å². The van der Waals surface area contributed by atoms with Gasteiger partial charge in [0.2, 0.25) is 0 Å². The molecule has 0 amide bonds. The predicted molar refractivity (Wildman–Crippen MR) is 74.2 cm³/mol. The smallest absolute Gasteiger partial charge is 0.158 e. The summed E-state index contributed by atoms with van der Waals surface area (Å²) in [5, 5.41) is 10.7. The summed E-state index contributed by atoms with van der Waals surface area (Å²) in [6.45, 7) is 2.23. The highest BCUT2D eigenvalue weighted by Crippen LogP contribution is 2.33. The van der Waals surface area contributed by atoms with Gasteiger partial charge in [0, 0.05) is 19.6 Å². The number of hydrogen-bond acceptors (Lipinski definition) is 4. The molecule has 2 fully saturated rings. The number of rotatable bonds is 4. The third-order valence-corrected chi connectivity index (χ3v) is 4.08. The summed E-state index contributed by atoms with van der Waals surface area (Å²) < 4.78 is 16.8. The Bertz CT molecular complexity index is 434. The maximum atomic E-state index is 10.7. The predicted octanol–water partition coefficient (Wildman–Crippen LogP) is 2.34. The summed E-state index contributed by atoms with van der Waals surface area (Å²) in [7, 11) is 0. The minimum atomic E-state index is -0.868. The molecule has 0 bridgehead atoms. The number of hydrogen-bond donors (Lipinski definition) is 1. The normalized spacial score (nSPS) is 30.6. The second-order valence-corrected chi connectivity index (χ2v) is 5.60. The molecule has 2 atom stereocenters. The average molecular weight is 278 g/mol. The highest BCUT2D eigenvalue weighted by atomic mass is 16.7. The van der Waals surface area contributed by atoms with Crippen LogP contribution < -0.4 is 0 Å². The van der Waals surface area contributed by atoms with Crippen LogP contribution in [0.3, 0.4) is 0 Å². The van der Waals surface area contributed by atoms with Crippen molar-refractivity contribution >= 4 is 0 Å². The maximum Gasteiger partial charge on any atom is 0.158 e. The van der Waals surface area contributed by atoms with Crippen LogP contribution in [-0.4, -0.2) is 31.2 Å². The zero-order valence-electron chi connectivity index (χ0n) is 11.7. The maximum absolute atomic E-state index is 10.7. The van der Waals surface area contributed by atoms with Crippen molar-refractivity contribution in [3.05, 3.63) is 35.4 Å². The largest absolute Gasteiger partial charge is 0.383 e. The van der Waals surface area contributed by atoms with Crippen molar-refractivity contribution in [1.82, 2.24) is 0 Å². The van der Waals surface area contributed by atoms with E-state index in [4.69, 9.17) is 14.2 Å². The van der Waals surface area contributed by atoms with Crippen LogP contribution in [0.5, 0.6) is 0 Å². The molecule has 4 heteroatoms. The lowest BCUT2D eigenvalue weighted by molar-refractivity contribution is -0.169. The van der Waals surface area contributed by atoms with Crippen molar-refractivity contribution in [1.29, 1.82) is 0 Å². The summed E-state index contributed by atoms with van der Waals surface area (Å²) in [6.07, 6.45) is 3.77. The van der Waals surface area contributed by atoms with Crippen molar-refractivity contribution in [2.45, 2.75) is 44.2 Å². The Morgan fingerprint density at radius 1 is 1.25 bits per heavy atom. The first-order chi connectivity index (χ1) is 9.78. The Morgan fingerprint density at radius 3 is 2.90 bits per heavy atom. The molecule has 2 aliphatic rings. The van der Waals surface area contributed by atoms with Gasteiger partial charge in [-0.15, -0.1) is 0 Å². The molecule has 3 rings (SSSR count). The topological polar surface area (TPSA) is 47.9 Å². The van der Waals surface area contributed by atoms with Crippen molar-refractivity contribution in [3.63, 3.8) is 0 Å². The van der Waals surface area contributed by atoms with E-state index in [1.807, 2.05) is 24.3 Å². The van der Waals surface area contributed by atoms with E-state index >= 15 is 0 Å². The molecule has 110 valence electrons. The van der Waals surface area contributed by atoms with Crippen LogP contribution in [0.4, 0.5) is 0 Å². The highest BCUT2D eigenvalue weighted by Gasteiger charge is 2.35. The van der Waals surface area contributed by atoms with E-state index in [1.54, 1.807) is 0 Å². The van der Waals surface area contributed by atoms with E-state index in [0.29, 0.717) is 26.2 Å². The van der Waals surface area contributed by atoms with E-state index in [2.05, 4.69) is 0 Å². The third-order valence-electron chi connectivity index (χ3n) is 4.08. The molecule has 2 heterocycles. The molecule has 0 aliphatic carbocycles. The van der Waals surface area contributed by atoms with E-state index in [9.17, 15) is 5.11 Å². The summed E-state index contributed by atoms with van der Waals surface area (Å²) >= 11 is 0. The van der Waals surface area contributed by atoms with Crippen LogP contribution in [0.1, 0.15) is 36.8 Å². The fourth-order valence-corrected chi connectivity index (χ4v) is 2.89.